The highest BCUT2D eigenvalue weighted by Crippen LogP contribution is 2.24. The van der Waals surface area contributed by atoms with E-state index in [0.29, 0.717) is 13.2 Å². The molecule has 1 fully saturated rings. The van der Waals surface area contributed by atoms with Gasteiger partial charge in [0.1, 0.15) is 6.61 Å². The van der Waals surface area contributed by atoms with Crippen LogP contribution < -0.4 is 0 Å². The van der Waals surface area contributed by atoms with Crippen molar-refractivity contribution >= 4 is 5.91 Å². The molecule has 5 nitrogen and oxygen atoms in total. The van der Waals surface area contributed by atoms with Gasteiger partial charge in [-0.2, -0.15) is 0 Å². The number of hydrogen-bond acceptors (Lipinski definition) is 4. The minimum Gasteiger partial charge on any atom is -0.382 e. The molecular weight excluding hydrogens is 268 g/mol. The molecule has 116 valence electrons. The summed E-state index contributed by atoms with van der Waals surface area (Å²) in [6.07, 6.45) is 0. The first-order valence-corrected chi connectivity index (χ1v) is 7.32. The lowest BCUT2D eigenvalue weighted by Gasteiger charge is -2.40. The van der Waals surface area contributed by atoms with Gasteiger partial charge in [0, 0.05) is 26.7 Å². The summed E-state index contributed by atoms with van der Waals surface area (Å²) in [6.45, 7) is 3.57. The van der Waals surface area contributed by atoms with E-state index in [1.165, 1.54) is 5.56 Å². The second-order valence-electron chi connectivity index (χ2n) is 5.32. The zero-order valence-corrected chi connectivity index (χ0v) is 12.8. The molecule has 0 N–H and O–H groups in total. The van der Waals surface area contributed by atoms with E-state index in [0.717, 1.165) is 19.6 Å². The Morgan fingerprint density at radius 2 is 2.00 bits per heavy atom. The average molecular weight is 292 g/mol. The lowest BCUT2D eigenvalue weighted by molar-refractivity contribution is -0.141. The van der Waals surface area contributed by atoms with Gasteiger partial charge < -0.3 is 19.3 Å². The van der Waals surface area contributed by atoms with Crippen molar-refractivity contribution in [3.8, 4) is 0 Å². The van der Waals surface area contributed by atoms with E-state index in [-0.39, 0.29) is 18.6 Å². The van der Waals surface area contributed by atoms with Gasteiger partial charge in [-0.25, -0.2) is 0 Å². The number of nitrogens with zero attached hydrogens (tertiary/aromatic N) is 2. The molecular formula is C16H24N2O3. The second kappa shape index (κ2) is 8.12. The molecule has 0 saturated carbocycles. The number of piperazine rings is 1. The zero-order chi connectivity index (χ0) is 15.1. The van der Waals surface area contributed by atoms with E-state index in [2.05, 4.69) is 24.1 Å². The predicted octanol–water partition coefficient (Wildman–Crippen LogP) is 1.16. The monoisotopic (exact) mass is 292 g/mol. The van der Waals surface area contributed by atoms with Gasteiger partial charge in [-0.15, -0.1) is 0 Å². The fourth-order valence-corrected chi connectivity index (χ4v) is 2.56. The van der Waals surface area contributed by atoms with Crippen LogP contribution in [0.4, 0.5) is 0 Å². The number of rotatable bonds is 6. The number of carbonyl (C=O) groups excluding carboxylic acids is 1. The maximum absolute atomic E-state index is 12.4. The SMILES string of the molecule is COCCOCC(=O)N1CCN(C)C[C@@H]1c1ccccc1. The fraction of sp³-hybridized carbons (Fsp3) is 0.562. The Kier molecular flexibility index (Phi) is 6.17. The summed E-state index contributed by atoms with van der Waals surface area (Å²) in [4.78, 5) is 16.6. The number of ether oxygens (including phenoxy) is 2. The fourth-order valence-electron chi connectivity index (χ4n) is 2.56. The summed E-state index contributed by atoms with van der Waals surface area (Å²) in [6, 6.07) is 10.3. The zero-order valence-electron chi connectivity index (χ0n) is 12.8. The Hall–Kier alpha value is -1.43. The Morgan fingerprint density at radius 1 is 1.24 bits per heavy atom. The first-order valence-electron chi connectivity index (χ1n) is 7.32. The molecule has 1 aromatic rings. The first-order chi connectivity index (χ1) is 10.2. The van der Waals surface area contributed by atoms with Crippen LogP contribution in [0.3, 0.4) is 0 Å². The molecule has 1 amide bonds. The molecule has 0 radical (unpaired) electrons. The molecule has 0 aliphatic carbocycles. The Bertz CT molecular complexity index is 438. The van der Waals surface area contributed by atoms with E-state index < -0.39 is 0 Å². The van der Waals surface area contributed by atoms with Gasteiger partial charge in [-0.1, -0.05) is 30.3 Å². The largest absolute Gasteiger partial charge is 0.382 e. The van der Waals surface area contributed by atoms with E-state index in [9.17, 15) is 4.79 Å². The highest BCUT2D eigenvalue weighted by Gasteiger charge is 2.29. The third-order valence-corrected chi connectivity index (χ3v) is 3.75. The van der Waals surface area contributed by atoms with Gasteiger partial charge in [0.15, 0.2) is 0 Å². The molecule has 2 rings (SSSR count). The standard InChI is InChI=1S/C16H24N2O3/c1-17-8-9-18(16(19)13-21-11-10-20-2)15(12-17)14-6-4-3-5-7-14/h3-7,15H,8-13H2,1-2H3/t15-/m1/s1. The van der Waals surface area contributed by atoms with Gasteiger partial charge in [-0.3, -0.25) is 4.79 Å². The predicted molar refractivity (Wildman–Crippen MR) is 81.1 cm³/mol. The average Bonchev–Trinajstić information content (AvgIpc) is 2.52. The van der Waals surface area contributed by atoms with Crippen molar-refractivity contribution in [1.82, 2.24) is 9.80 Å². The van der Waals surface area contributed by atoms with Crippen LogP contribution in [0.5, 0.6) is 0 Å². The van der Waals surface area contributed by atoms with Crippen LogP contribution in [0.1, 0.15) is 11.6 Å². The topological polar surface area (TPSA) is 42.0 Å². The molecule has 0 spiro atoms. The Morgan fingerprint density at radius 3 is 2.71 bits per heavy atom. The van der Waals surface area contributed by atoms with Gasteiger partial charge in [-0.05, 0) is 12.6 Å². The van der Waals surface area contributed by atoms with Crippen molar-refractivity contribution in [2.45, 2.75) is 6.04 Å². The molecule has 1 aliphatic rings. The third-order valence-electron chi connectivity index (χ3n) is 3.75. The van der Waals surface area contributed by atoms with Crippen molar-refractivity contribution < 1.29 is 14.3 Å². The first kappa shape index (κ1) is 15.9. The van der Waals surface area contributed by atoms with Crippen LogP contribution in [-0.4, -0.2) is 69.3 Å². The molecule has 1 aliphatic heterocycles. The van der Waals surface area contributed by atoms with Crippen LogP contribution in [-0.2, 0) is 14.3 Å². The van der Waals surface area contributed by atoms with Crippen molar-refractivity contribution in [3.05, 3.63) is 35.9 Å². The molecule has 1 saturated heterocycles. The number of hydrogen-bond donors (Lipinski definition) is 0. The highest BCUT2D eigenvalue weighted by atomic mass is 16.5. The quantitative estimate of drug-likeness (QED) is 0.738. The molecule has 5 heteroatoms. The minimum atomic E-state index is 0.0491. The summed E-state index contributed by atoms with van der Waals surface area (Å²) in [5.74, 6) is 0.0491. The van der Waals surface area contributed by atoms with Gasteiger partial charge in [0.2, 0.25) is 5.91 Å². The summed E-state index contributed by atoms with van der Waals surface area (Å²) in [5.41, 5.74) is 1.18. The molecule has 1 heterocycles. The number of likely N-dealkylation sites (N-methyl/N-ethyl adjacent to an activating group) is 1. The van der Waals surface area contributed by atoms with E-state index in [1.54, 1.807) is 7.11 Å². The van der Waals surface area contributed by atoms with Crippen LogP contribution in [0.2, 0.25) is 0 Å². The molecule has 1 atom stereocenters. The molecule has 21 heavy (non-hydrogen) atoms. The van der Waals surface area contributed by atoms with Crippen molar-refractivity contribution in [2.75, 3.05) is 53.6 Å². The Labute approximate surface area is 126 Å². The lowest BCUT2D eigenvalue weighted by Crippen LogP contribution is -2.50. The summed E-state index contributed by atoms with van der Waals surface area (Å²) < 4.78 is 10.3. The molecule has 0 bridgehead atoms. The normalized spacial score (nSPS) is 19.7. The van der Waals surface area contributed by atoms with E-state index in [4.69, 9.17) is 9.47 Å². The number of benzene rings is 1. The summed E-state index contributed by atoms with van der Waals surface area (Å²) in [7, 11) is 3.71. The van der Waals surface area contributed by atoms with Gasteiger partial charge in [0.05, 0.1) is 19.3 Å². The molecule has 0 unspecified atom stereocenters. The van der Waals surface area contributed by atoms with Crippen molar-refractivity contribution in [2.24, 2.45) is 0 Å². The van der Waals surface area contributed by atoms with Gasteiger partial charge in [0.25, 0.3) is 0 Å². The number of carbonyl (C=O) groups is 1. The maximum Gasteiger partial charge on any atom is 0.249 e. The van der Waals surface area contributed by atoms with E-state index >= 15 is 0 Å². The highest BCUT2D eigenvalue weighted by molar-refractivity contribution is 5.78. The molecule has 0 aromatic heterocycles. The smallest absolute Gasteiger partial charge is 0.249 e. The maximum atomic E-state index is 12.4. The van der Waals surface area contributed by atoms with Crippen LogP contribution in [0.25, 0.3) is 0 Å². The Balaban J connectivity index is 1.99. The van der Waals surface area contributed by atoms with Crippen molar-refractivity contribution in [1.29, 1.82) is 0 Å². The van der Waals surface area contributed by atoms with E-state index in [1.807, 2.05) is 23.1 Å². The van der Waals surface area contributed by atoms with Crippen LogP contribution in [0.15, 0.2) is 30.3 Å². The number of amides is 1. The van der Waals surface area contributed by atoms with Crippen LogP contribution >= 0.6 is 0 Å². The summed E-state index contributed by atoms with van der Waals surface area (Å²) >= 11 is 0. The van der Waals surface area contributed by atoms with Gasteiger partial charge >= 0.3 is 0 Å². The second-order valence-corrected chi connectivity index (χ2v) is 5.32. The third kappa shape index (κ3) is 4.52. The van der Waals surface area contributed by atoms with Crippen molar-refractivity contribution in [3.63, 3.8) is 0 Å². The minimum absolute atomic E-state index is 0.0491. The molecule has 1 aromatic carbocycles. The summed E-state index contributed by atoms with van der Waals surface area (Å²) in [5, 5.41) is 0. The van der Waals surface area contributed by atoms with Crippen LogP contribution in [0, 0.1) is 0 Å². The lowest BCUT2D eigenvalue weighted by atomic mass is 10.0. The number of methoxy groups -OCH3 is 1.